The van der Waals surface area contributed by atoms with Crippen molar-refractivity contribution in [1.29, 1.82) is 0 Å². The number of imide groups is 1. The lowest BCUT2D eigenvalue weighted by Gasteiger charge is -2.46. The number of aromatic hydroxyl groups is 1. The molecule has 5 aromatic rings. The van der Waals surface area contributed by atoms with Crippen LogP contribution in [0, 0.1) is 29.6 Å². The van der Waals surface area contributed by atoms with Crippen molar-refractivity contribution in [3.05, 3.63) is 149 Å². The number of aromatic nitrogens is 2. The van der Waals surface area contributed by atoms with Crippen molar-refractivity contribution in [3.63, 3.8) is 0 Å². The first kappa shape index (κ1) is 51.3. The summed E-state index contributed by atoms with van der Waals surface area (Å²) in [5, 5.41) is 13.6. The van der Waals surface area contributed by atoms with Crippen LogP contribution in [0.4, 0.5) is 16.4 Å². The number of cyclic esters (lactones) is 1. The summed E-state index contributed by atoms with van der Waals surface area (Å²) >= 11 is 0. The van der Waals surface area contributed by atoms with Gasteiger partial charge >= 0.3 is 29.9 Å². The van der Waals surface area contributed by atoms with Crippen LogP contribution in [0.25, 0.3) is 0 Å². The molecule has 1 aromatic heterocycles. The van der Waals surface area contributed by atoms with Crippen LogP contribution < -0.4 is 15.1 Å². The van der Waals surface area contributed by atoms with Gasteiger partial charge in [-0.05, 0) is 64.6 Å². The molecule has 386 valence electrons. The molecular formula is C56H55N7O12. The lowest BCUT2D eigenvalue weighted by molar-refractivity contribution is -0.179. The molecule has 9 rings (SSSR count). The number of morpholine rings is 1. The molecule has 5 heterocycles. The van der Waals surface area contributed by atoms with Gasteiger partial charge in [-0.15, -0.1) is 0 Å². The van der Waals surface area contributed by atoms with Crippen LogP contribution in [0.2, 0.25) is 0 Å². The van der Waals surface area contributed by atoms with Crippen molar-refractivity contribution in [1.82, 2.24) is 25.1 Å². The first-order valence-electron chi connectivity index (χ1n) is 24.4. The summed E-state index contributed by atoms with van der Waals surface area (Å²) in [5.74, 6) is -2.08. The minimum atomic E-state index is -2.21. The number of rotatable bonds is 11. The molecule has 19 nitrogen and oxygen atoms in total. The van der Waals surface area contributed by atoms with Gasteiger partial charge in [0.1, 0.15) is 29.4 Å². The fraction of sp³-hybridized carbons (Fsp3) is 0.339. The lowest BCUT2D eigenvalue weighted by Crippen LogP contribution is -2.60. The van der Waals surface area contributed by atoms with Crippen LogP contribution in [0.5, 0.6) is 5.75 Å². The first-order valence-corrected chi connectivity index (χ1v) is 24.4. The van der Waals surface area contributed by atoms with Gasteiger partial charge in [-0.2, -0.15) is 0 Å². The zero-order valence-electron chi connectivity index (χ0n) is 41.8. The van der Waals surface area contributed by atoms with Crippen LogP contribution in [-0.4, -0.2) is 126 Å². The molecular weight excluding hydrogens is 963 g/mol. The minimum absolute atomic E-state index is 0.0223. The number of phenolic OH excluding ortho intramolecular Hbond substituents is 1. The Kier molecular flexibility index (Phi) is 14.7. The second-order valence-electron chi connectivity index (χ2n) is 18.9. The van der Waals surface area contributed by atoms with Gasteiger partial charge in [0.2, 0.25) is 17.8 Å². The molecule has 4 amide bonds. The predicted octanol–water partition coefficient (Wildman–Crippen LogP) is 4.81. The van der Waals surface area contributed by atoms with E-state index < -0.39 is 95.2 Å². The van der Waals surface area contributed by atoms with E-state index in [9.17, 15) is 19.5 Å². The first-order chi connectivity index (χ1) is 36.2. The van der Waals surface area contributed by atoms with Gasteiger partial charge in [0.15, 0.2) is 5.92 Å². The number of anilines is 2. The van der Waals surface area contributed by atoms with E-state index in [2.05, 4.69) is 27.1 Å². The van der Waals surface area contributed by atoms with Gasteiger partial charge in [-0.1, -0.05) is 98.5 Å². The van der Waals surface area contributed by atoms with Crippen LogP contribution >= 0.6 is 0 Å². The molecule has 0 saturated carbocycles. The summed E-state index contributed by atoms with van der Waals surface area (Å²) in [5.41, 5.74) is -0.114. The van der Waals surface area contributed by atoms with Crippen molar-refractivity contribution in [3.8, 4) is 17.6 Å². The molecule has 1 spiro atoms. The van der Waals surface area contributed by atoms with Gasteiger partial charge in [0.25, 0.3) is 0 Å². The maximum Gasteiger partial charge on any atom is 0.329 e. The summed E-state index contributed by atoms with van der Waals surface area (Å²) in [7, 11) is 3.45. The van der Waals surface area contributed by atoms with E-state index in [1.165, 1.54) is 31.4 Å². The second kappa shape index (κ2) is 21.5. The molecule has 0 aliphatic carbocycles. The summed E-state index contributed by atoms with van der Waals surface area (Å²) in [4.78, 5) is 118. The number of methoxy groups -OCH3 is 3. The number of carbonyl (C=O) groups excluding carboxylic acids is 7. The Morgan fingerprint density at radius 1 is 0.760 bits per heavy atom. The summed E-state index contributed by atoms with van der Waals surface area (Å²) in [6.45, 7) is 4.23. The fourth-order valence-electron chi connectivity index (χ4n) is 11.0. The highest BCUT2D eigenvalue weighted by Gasteiger charge is 2.76. The zero-order valence-corrected chi connectivity index (χ0v) is 41.8. The number of hydrogen-bond acceptors (Lipinski definition) is 16. The smallest absolute Gasteiger partial charge is 0.329 e. The minimum Gasteiger partial charge on any atom is -0.508 e. The van der Waals surface area contributed by atoms with Crippen LogP contribution in [-0.2, 0) is 53.1 Å². The van der Waals surface area contributed by atoms with Crippen LogP contribution in [0.1, 0.15) is 66.3 Å². The standard InChI is InChI=1S/C56H55N7O12/c1-33(2)43(51(68)74-5)59-55(71)62-41-25-20-34(14-12-19-39(49(66)72-3)50(67)73-4)32-40(41)56(53(62)70)42(48(65)60-28-30-61(31-29-60)54-57-26-13-27-58-54)45-52(69)75-46(36-17-10-7-11-18-36)44(35-15-8-6-9-16-35)63(45)47(56)37-21-23-38(64)24-22-37/h6-11,13,15-18,20-27,32-33,39,42-47,64H,19,28-31H2,1-5H3,(H,59,71). The third-order valence-electron chi connectivity index (χ3n) is 14.5. The number of nitrogens with zero attached hydrogens (tertiary/aromatic N) is 6. The third-order valence-corrected chi connectivity index (χ3v) is 14.5. The number of ether oxygens (including phenoxy) is 4. The van der Waals surface area contributed by atoms with Crippen molar-refractivity contribution in [2.24, 2.45) is 17.8 Å². The van der Waals surface area contributed by atoms with E-state index in [0.717, 1.165) is 19.1 Å². The van der Waals surface area contributed by atoms with Gasteiger partial charge < -0.3 is 39.2 Å². The van der Waals surface area contributed by atoms with Crippen molar-refractivity contribution in [2.75, 3.05) is 57.3 Å². The van der Waals surface area contributed by atoms with Crippen LogP contribution in [0.3, 0.4) is 0 Å². The van der Waals surface area contributed by atoms with Crippen molar-refractivity contribution < 1.29 is 57.6 Å². The number of carbonyl (C=O) groups is 7. The third kappa shape index (κ3) is 9.26. The zero-order chi connectivity index (χ0) is 53.1. The Morgan fingerprint density at radius 3 is 1.97 bits per heavy atom. The van der Waals surface area contributed by atoms with E-state index in [1.54, 1.807) is 55.4 Å². The number of hydrogen-bond donors (Lipinski definition) is 2. The van der Waals surface area contributed by atoms with Gasteiger partial charge in [0.05, 0.1) is 45.0 Å². The molecule has 0 radical (unpaired) electrons. The number of nitrogens with one attached hydrogen (secondary N) is 1. The summed E-state index contributed by atoms with van der Waals surface area (Å²) < 4.78 is 21.4. The van der Waals surface area contributed by atoms with E-state index in [4.69, 9.17) is 18.9 Å². The van der Waals surface area contributed by atoms with E-state index >= 15 is 19.2 Å². The van der Waals surface area contributed by atoms with Gasteiger partial charge in [-0.25, -0.2) is 24.5 Å². The second-order valence-corrected chi connectivity index (χ2v) is 18.9. The van der Waals surface area contributed by atoms with E-state index in [0.29, 0.717) is 35.7 Å². The molecule has 4 aliphatic rings. The van der Waals surface area contributed by atoms with Crippen molar-refractivity contribution >= 4 is 53.4 Å². The topological polar surface area (TPSA) is 227 Å². The fourth-order valence-corrected chi connectivity index (χ4v) is 11.0. The maximum absolute atomic E-state index is 16.8. The predicted molar refractivity (Wildman–Crippen MR) is 269 cm³/mol. The highest BCUT2D eigenvalue weighted by atomic mass is 16.6. The Morgan fingerprint density at radius 2 is 1.37 bits per heavy atom. The Hall–Kier alpha value is -8.63. The number of phenols is 1. The number of fused-ring (bicyclic) bond motifs is 3. The number of urea groups is 1. The molecule has 4 aliphatic heterocycles. The molecule has 7 unspecified atom stereocenters. The molecule has 7 atom stereocenters. The molecule has 75 heavy (non-hydrogen) atoms. The molecule has 2 N–H and O–H groups in total. The monoisotopic (exact) mass is 1020 g/mol. The molecule has 19 heteroatoms. The summed E-state index contributed by atoms with van der Waals surface area (Å²) in [6, 6.07) is 24.9. The Balaban J connectivity index is 1.32. The number of piperazine rings is 1. The molecule has 3 fully saturated rings. The number of amides is 4. The highest BCUT2D eigenvalue weighted by molar-refractivity contribution is 6.25. The van der Waals surface area contributed by atoms with E-state index in [1.807, 2.05) is 70.5 Å². The van der Waals surface area contributed by atoms with Gasteiger partial charge in [0, 0.05) is 50.6 Å². The normalized spacial score (nSPS) is 22.4. The average molecular weight is 1020 g/mol. The highest BCUT2D eigenvalue weighted by Crippen LogP contribution is 2.66. The molecule has 3 saturated heterocycles. The van der Waals surface area contributed by atoms with Crippen LogP contribution in [0.15, 0.2) is 122 Å². The Labute approximate surface area is 432 Å². The number of benzene rings is 4. The largest absolute Gasteiger partial charge is 0.508 e. The quantitative estimate of drug-likeness (QED) is 0.0784. The molecule has 4 aromatic carbocycles. The Bertz CT molecular complexity index is 3040. The van der Waals surface area contributed by atoms with Gasteiger partial charge in [-0.3, -0.25) is 28.9 Å². The SMILES string of the molecule is COC(=O)C(CC#Cc1ccc2c(c1)C1(C(=O)N2C(=O)NC(C(=O)OC)C(C)C)C(C(=O)N2CCN(c3ncccn3)CC2)C2C(=O)OC(c3ccccc3)C(c3ccccc3)N2C1c1ccc(O)cc1)C(=O)OC. The van der Waals surface area contributed by atoms with E-state index in [-0.39, 0.29) is 42.1 Å². The lowest BCUT2D eigenvalue weighted by atomic mass is 9.64. The average Bonchev–Trinajstić information content (AvgIpc) is 4.05. The number of esters is 4. The molecule has 0 bridgehead atoms. The maximum atomic E-state index is 16.8. The summed E-state index contributed by atoms with van der Waals surface area (Å²) in [6.07, 6.45) is 1.91. The van der Waals surface area contributed by atoms with Crippen molar-refractivity contribution in [2.45, 2.75) is 56.0 Å².